The first-order valence-electron chi connectivity index (χ1n) is 4.93. The molecule has 1 rings (SSSR count). The second kappa shape index (κ2) is 6.80. The first-order chi connectivity index (χ1) is 7.36. The van der Waals surface area contributed by atoms with E-state index >= 15 is 0 Å². The van der Waals surface area contributed by atoms with Gasteiger partial charge in [0.1, 0.15) is 12.7 Å². The first kappa shape index (κ1) is 11.5. The monoisotopic (exact) mass is 206 g/mol. The molecular weight excluding hydrogens is 192 g/mol. The van der Waals surface area contributed by atoms with Crippen LogP contribution in [-0.2, 0) is 4.74 Å². The van der Waals surface area contributed by atoms with Gasteiger partial charge in [0.05, 0.1) is 12.2 Å². The van der Waals surface area contributed by atoms with Gasteiger partial charge in [-0.3, -0.25) is 0 Å². The Morgan fingerprint density at radius 1 is 1.33 bits per heavy atom. The number of hydrogen-bond acceptors (Lipinski definition) is 4. The minimum atomic E-state index is 0.485. The highest BCUT2D eigenvalue weighted by Crippen LogP contribution is 2.06. The van der Waals surface area contributed by atoms with E-state index in [1.807, 2.05) is 6.07 Å². The van der Waals surface area contributed by atoms with E-state index in [9.17, 15) is 0 Å². The fourth-order valence-electron chi connectivity index (χ4n) is 0.983. The van der Waals surface area contributed by atoms with Gasteiger partial charge in [0.15, 0.2) is 0 Å². The van der Waals surface area contributed by atoms with E-state index in [1.165, 1.54) is 6.20 Å². The van der Waals surface area contributed by atoms with Crippen LogP contribution in [0.15, 0.2) is 18.3 Å². The molecule has 1 aromatic rings. The van der Waals surface area contributed by atoms with Crippen LogP contribution in [-0.4, -0.2) is 24.8 Å². The lowest BCUT2D eigenvalue weighted by Gasteiger charge is -2.05. The summed E-state index contributed by atoms with van der Waals surface area (Å²) in [4.78, 5) is 3.97. The third-order valence-corrected chi connectivity index (χ3v) is 1.69. The van der Waals surface area contributed by atoms with Crippen molar-refractivity contribution in [1.29, 1.82) is 5.26 Å². The molecule has 0 aliphatic carbocycles. The highest BCUT2D eigenvalue weighted by molar-refractivity contribution is 5.28. The molecule has 80 valence electrons. The molecule has 0 N–H and O–H groups in total. The summed E-state index contributed by atoms with van der Waals surface area (Å²) in [6.45, 7) is 3.86. The molecule has 0 bridgehead atoms. The van der Waals surface area contributed by atoms with Gasteiger partial charge >= 0.3 is 0 Å². The SMILES string of the molecule is CCCOCCOc1ccc(C#N)cn1. The lowest BCUT2D eigenvalue weighted by atomic mass is 10.3. The quantitative estimate of drug-likeness (QED) is 0.665. The van der Waals surface area contributed by atoms with Crippen molar-refractivity contribution < 1.29 is 9.47 Å². The van der Waals surface area contributed by atoms with Gasteiger partial charge in [-0.25, -0.2) is 4.98 Å². The zero-order valence-electron chi connectivity index (χ0n) is 8.77. The average Bonchev–Trinajstić information content (AvgIpc) is 2.30. The molecule has 0 atom stereocenters. The van der Waals surface area contributed by atoms with Gasteiger partial charge in [-0.2, -0.15) is 5.26 Å². The molecule has 0 unspecified atom stereocenters. The van der Waals surface area contributed by atoms with E-state index < -0.39 is 0 Å². The molecule has 0 aliphatic rings. The Kier molecular flexibility index (Phi) is 5.20. The zero-order chi connectivity index (χ0) is 10.9. The van der Waals surface area contributed by atoms with Crippen molar-refractivity contribution in [2.75, 3.05) is 19.8 Å². The summed E-state index contributed by atoms with van der Waals surface area (Å²) < 4.78 is 10.6. The maximum Gasteiger partial charge on any atom is 0.213 e. The van der Waals surface area contributed by atoms with Gasteiger partial charge in [-0.15, -0.1) is 0 Å². The molecule has 4 heteroatoms. The zero-order valence-corrected chi connectivity index (χ0v) is 8.77. The van der Waals surface area contributed by atoms with Crippen molar-refractivity contribution >= 4 is 0 Å². The summed E-state index contributed by atoms with van der Waals surface area (Å²) in [5.41, 5.74) is 0.532. The smallest absolute Gasteiger partial charge is 0.213 e. The highest BCUT2D eigenvalue weighted by Gasteiger charge is 1.95. The van der Waals surface area contributed by atoms with Gasteiger partial charge in [0.25, 0.3) is 0 Å². The standard InChI is InChI=1S/C11H14N2O2/c1-2-5-14-6-7-15-11-4-3-10(8-12)9-13-11/h3-4,9H,2,5-7H2,1H3. The van der Waals surface area contributed by atoms with E-state index in [4.69, 9.17) is 14.7 Å². The fraction of sp³-hybridized carbons (Fsp3) is 0.455. The van der Waals surface area contributed by atoms with E-state index in [1.54, 1.807) is 12.1 Å². The number of nitrogens with zero attached hydrogens (tertiary/aromatic N) is 2. The predicted molar refractivity (Wildman–Crippen MR) is 55.6 cm³/mol. The average molecular weight is 206 g/mol. The van der Waals surface area contributed by atoms with Crippen molar-refractivity contribution in [2.24, 2.45) is 0 Å². The summed E-state index contributed by atoms with van der Waals surface area (Å²) in [6, 6.07) is 5.35. The lowest BCUT2D eigenvalue weighted by molar-refractivity contribution is 0.0990. The molecule has 0 spiro atoms. The maximum absolute atomic E-state index is 8.55. The molecule has 0 amide bonds. The number of aromatic nitrogens is 1. The van der Waals surface area contributed by atoms with Gasteiger partial charge in [-0.05, 0) is 12.5 Å². The van der Waals surface area contributed by atoms with Crippen LogP contribution < -0.4 is 4.74 Å². The van der Waals surface area contributed by atoms with E-state index in [-0.39, 0.29) is 0 Å². The second-order valence-corrected chi connectivity index (χ2v) is 2.96. The summed E-state index contributed by atoms with van der Waals surface area (Å²) in [7, 11) is 0. The Balaban J connectivity index is 2.23. The van der Waals surface area contributed by atoms with Crippen LogP contribution in [0.4, 0.5) is 0 Å². The molecule has 0 aromatic carbocycles. The Bertz CT molecular complexity index is 316. The van der Waals surface area contributed by atoms with Gasteiger partial charge in [0, 0.05) is 18.9 Å². The van der Waals surface area contributed by atoms with Crippen LogP contribution in [0.1, 0.15) is 18.9 Å². The minimum absolute atomic E-state index is 0.485. The van der Waals surface area contributed by atoms with Gasteiger partial charge < -0.3 is 9.47 Å². The topological polar surface area (TPSA) is 55.1 Å². The third-order valence-electron chi connectivity index (χ3n) is 1.69. The van der Waals surface area contributed by atoms with Crippen molar-refractivity contribution in [3.05, 3.63) is 23.9 Å². The highest BCUT2D eigenvalue weighted by atomic mass is 16.5. The van der Waals surface area contributed by atoms with E-state index in [2.05, 4.69) is 11.9 Å². The molecule has 0 saturated carbocycles. The van der Waals surface area contributed by atoms with E-state index in [0.29, 0.717) is 24.7 Å². The maximum atomic E-state index is 8.55. The molecule has 4 nitrogen and oxygen atoms in total. The van der Waals surface area contributed by atoms with Crippen molar-refractivity contribution in [1.82, 2.24) is 4.98 Å². The van der Waals surface area contributed by atoms with Crippen LogP contribution in [0.5, 0.6) is 5.88 Å². The Morgan fingerprint density at radius 2 is 2.20 bits per heavy atom. The van der Waals surface area contributed by atoms with Crippen LogP contribution in [0.2, 0.25) is 0 Å². The molecule has 0 aliphatic heterocycles. The molecule has 0 fully saturated rings. The van der Waals surface area contributed by atoms with Crippen molar-refractivity contribution in [3.63, 3.8) is 0 Å². The van der Waals surface area contributed by atoms with Crippen LogP contribution in [0, 0.1) is 11.3 Å². The van der Waals surface area contributed by atoms with Crippen LogP contribution >= 0.6 is 0 Å². The minimum Gasteiger partial charge on any atom is -0.475 e. The first-order valence-corrected chi connectivity index (χ1v) is 4.93. The number of nitriles is 1. The number of pyridine rings is 1. The van der Waals surface area contributed by atoms with Crippen molar-refractivity contribution in [2.45, 2.75) is 13.3 Å². The Hall–Kier alpha value is -1.60. The molecule has 0 radical (unpaired) electrons. The predicted octanol–water partition coefficient (Wildman–Crippen LogP) is 1.76. The fourth-order valence-corrected chi connectivity index (χ4v) is 0.983. The molecule has 1 heterocycles. The molecule has 15 heavy (non-hydrogen) atoms. The van der Waals surface area contributed by atoms with Gasteiger partial charge in [0.2, 0.25) is 5.88 Å². The molecule has 0 saturated heterocycles. The molecule has 1 aromatic heterocycles. The molecular formula is C11H14N2O2. The van der Waals surface area contributed by atoms with Crippen LogP contribution in [0.25, 0.3) is 0 Å². The second-order valence-electron chi connectivity index (χ2n) is 2.96. The number of ether oxygens (including phenoxy) is 2. The van der Waals surface area contributed by atoms with Crippen molar-refractivity contribution in [3.8, 4) is 11.9 Å². The lowest BCUT2D eigenvalue weighted by Crippen LogP contribution is -2.07. The number of hydrogen-bond donors (Lipinski definition) is 0. The largest absolute Gasteiger partial charge is 0.475 e. The number of rotatable bonds is 6. The summed E-state index contributed by atoms with van der Waals surface area (Å²) in [6.07, 6.45) is 2.50. The van der Waals surface area contributed by atoms with E-state index in [0.717, 1.165) is 13.0 Å². The Labute approximate surface area is 89.5 Å². The summed E-state index contributed by atoms with van der Waals surface area (Å²) in [5, 5.41) is 8.55. The Morgan fingerprint density at radius 3 is 2.80 bits per heavy atom. The third kappa shape index (κ3) is 4.43. The van der Waals surface area contributed by atoms with Gasteiger partial charge in [-0.1, -0.05) is 6.92 Å². The normalized spacial score (nSPS) is 9.60. The van der Waals surface area contributed by atoms with Crippen LogP contribution in [0.3, 0.4) is 0 Å². The summed E-state index contributed by atoms with van der Waals surface area (Å²) in [5.74, 6) is 0.522. The summed E-state index contributed by atoms with van der Waals surface area (Å²) >= 11 is 0.